The Morgan fingerprint density at radius 2 is 2.33 bits per heavy atom. The summed E-state index contributed by atoms with van der Waals surface area (Å²) in [6.07, 6.45) is 2.72. The first-order chi connectivity index (χ1) is 5.58. The largest absolute Gasteiger partial charge is 0.469 e. The summed E-state index contributed by atoms with van der Waals surface area (Å²) in [5, 5.41) is 4.22. The average molecular weight is 194 g/mol. The van der Waals surface area contributed by atoms with Crippen LogP contribution in [0.1, 0.15) is 19.3 Å². The van der Waals surface area contributed by atoms with Crippen LogP contribution >= 0.6 is 7.82 Å². The van der Waals surface area contributed by atoms with Crippen molar-refractivity contribution in [2.45, 2.75) is 25.3 Å². The van der Waals surface area contributed by atoms with Gasteiger partial charge in [-0.3, -0.25) is 4.52 Å². The van der Waals surface area contributed by atoms with Crippen LogP contribution < -0.4 is 5.32 Å². The Kier molecular flexibility index (Phi) is 3.68. The van der Waals surface area contributed by atoms with Crippen molar-refractivity contribution in [2.75, 3.05) is 13.2 Å². The maximum absolute atomic E-state index is 10.2. The van der Waals surface area contributed by atoms with E-state index < -0.39 is 7.82 Å². The van der Waals surface area contributed by atoms with Gasteiger partial charge in [-0.25, -0.2) is 9.88 Å². The zero-order valence-corrected chi connectivity index (χ0v) is 7.61. The van der Waals surface area contributed by atoms with Crippen LogP contribution in [0.15, 0.2) is 0 Å². The minimum absolute atomic E-state index is 0.0957. The van der Waals surface area contributed by atoms with E-state index in [1.807, 2.05) is 0 Å². The van der Waals surface area contributed by atoms with Crippen molar-refractivity contribution < 1.29 is 18.9 Å². The molecule has 1 unspecified atom stereocenters. The van der Waals surface area contributed by atoms with Crippen molar-refractivity contribution in [1.29, 1.82) is 0 Å². The lowest BCUT2D eigenvalue weighted by Gasteiger charge is -2.08. The van der Waals surface area contributed by atoms with E-state index in [2.05, 4.69) is 9.84 Å². The minimum Gasteiger partial charge on any atom is -0.303 e. The highest BCUT2D eigenvalue weighted by Gasteiger charge is 2.18. The molecule has 0 aromatic heterocycles. The highest BCUT2D eigenvalue weighted by atomic mass is 31.2. The molecule has 1 heterocycles. The van der Waals surface area contributed by atoms with Crippen LogP contribution in [0.3, 0.4) is 0 Å². The van der Waals surface area contributed by atoms with Gasteiger partial charge in [-0.05, 0) is 19.3 Å². The molecule has 0 saturated carbocycles. The van der Waals surface area contributed by atoms with Crippen molar-refractivity contribution in [2.24, 2.45) is 0 Å². The van der Waals surface area contributed by atoms with E-state index in [1.165, 1.54) is 0 Å². The van der Waals surface area contributed by atoms with Crippen molar-refractivity contribution in [3.8, 4) is 0 Å². The van der Waals surface area contributed by atoms with Gasteiger partial charge in [0.25, 0.3) is 0 Å². The molecule has 1 fully saturated rings. The molecule has 0 aromatic rings. The third kappa shape index (κ3) is 4.18. The van der Waals surface area contributed by atoms with E-state index in [0.29, 0.717) is 6.42 Å². The Balaban J connectivity index is 2.05. The fourth-order valence-corrected chi connectivity index (χ4v) is 1.58. The average Bonchev–Trinajstić information content (AvgIpc) is 2.36. The van der Waals surface area contributed by atoms with E-state index in [0.717, 1.165) is 19.4 Å². The highest BCUT2D eigenvalue weighted by Crippen LogP contribution is 2.35. The molecule has 71 valence electrons. The number of phosphoric ester groups is 1. The predicted molar refractivity (Wildman–Crippen MR) is 42.6 cm³/mol. The third-order valence-corrected chi connectivity index (χ3v) is 2.31. The van der Waals surface area contributed by atoms with Crippen molar-refractivity contribution in [3.63, 3.8) is 0 Å². The summed E-state index contributed by atoms with van der Waals surface area (Å²) < 4.78 is 14.5. The molecule has 0 aromatic carbocycles. The molecule has 1 radical (unpaired) electrons. The van der Waals surface area contributed by atoms with Crippen LogP contribution in [0.5, 0.6) is 0 Å². The summed E-state index contributed by atoms with van der Waals surface area (Å²) in [6.45, 7) is 0.971. The Labute approximate surface area is 71.4 Å². The van der Waals surface area contributed by atoms with Gasteiger partial charge in [-0.2, -0.15) is 0 Å². The van der Waals surface area contributed by atoms with Crippen LogP contribution in [-0.2, 0) is 9.09 Å². The molecule has 6 heteroatoms. The second-order valence-electron chi connectivity index (χ2n) is 2.81. The molecule has 1 aliphatic heterocycles. The molecule has 2 N–H and O–H groups in total. The maximum atomic E-state index is 10.2. The standard InChI is InChI=1S/C6H13NO4P/c8-12(9,10)11-5-3-6-2-1-4-7-6/h6H,1-5H2,(H2,8,9,10). The van der Waals surface area contributed by atoms with E-state index >= 15 is 0 Å². The lowest BCUT2D eigenvalue weighted by molar-refractivity contribution is 0.189. The highest BCUT2D eigenvalue weighted by molar-refractivity contribution is 7.46. The molecule has 0 aliphatic carbocycles. The number of nitrogens with zero attached hydrogens (tertiary/aromatic N) is 1. The molecule has 5 nitrogen and oxygen atoms in total. The van der Waals surface area contributed by atoms with Gasteiger partial charge in [0.2, 0.25) is 0 Å². The Bertz CT molecular complexity index is 174. The van der Waals surface area contributed by atoms with Crippen molar-refractivity contribution >= 4 is 7.82 Å². The minimum atomic E-state index is -4.26. The molecule has 1 rings (SSSR count). The Hall–Kier alpha value is 0.0700. The van der Waals surface area contributed by atoms with Crippen LogP contribution in [0, 0.1) is 0 Å². The van der Waals surface area contributed by atoms with E-state index in [9.17, 15) is 4.57 Å². The molecule has 1 saturated heterocycles. The molecule has 0 bridgehead atoms. The van der Waals surface area contributed by atoms with Crippen LogP contribution in [0.25, 0.3) is 0 Å². The SMILES string of the molecule is O=P(O)(O)OCCC1CCC[N]1. The van der Waals surface area contributed by atoms with Gasteiger partial charge in [0.15, 0.2) is 0 Å². The number of hydrogen-bond donors (Lipinski definition) is 2. The van der Waals surface area contributed by atoms with Crippen LogP contribution in [0.2, 0.25) is 0 Å². The molecule has 0 spiro atoms. The summed E-state index contributed by atoms with van der Waals surface area (Å²) in [6, 6.07) is 0.247. The lowest BCUT2D eigenvalue weighted by atomic mass is 10.2. The summed E-state index contributed by atoms with van der Waals surface area (Å²) in [7, 11) is -4.26. The lowest BCUT2D eigenvalue weighted by Crippen LogP contribution is -2.16. The molecular weight excluding hydrogens is 181 g/mol. The van der Waals surface area contributed by atoms with Crippen LogP contribution in [0.4, 0.5) is 0 Å². The Morgan fingerprint density at radius 3 is 2.83 bits per heavy atom. The smallest absolute Gasteiger partial charge is 0.303 e. The first-order valence-corrected chi connectivity index (χ1v) is 5.48. The summed E-state index contributed by atoms with van der Waals surface area (Å²) >= 11 is 0. The van der Waals surface area contributed by atoms with E-state index in [-0.39, 0.29) is 12.6 Å². The monoisotopic (exact) mass is 194 g/mol. The molecular formula is C6H13NO4P. The molecule has 1 atom stereocenters. The zero-order valence-electron chi connectivity index (χ0n) is 6.72. The van der Waals surface area contributed by atoms with Gasteiger partial charge >= 0.3 is 7.82 Å². The fourth-order valence-electron chi connectivity index (χ4n) is 1.24. The van der Waals surface area contributed by atoms with Crippen molar-refractivity contribution in [3.05, 3.63) is 0 Å². The van der Waals surface area contributed by atoms with Gasteiger partial charge in [-0.15, -0.1) is 0 Å². The number of phosphoric acid groups is 1. The zero-order chi connectivity index (χ0) is 9.03. The Morgan fingerprint density at radius 1 is 1.58 bits per heavy atom. The van der Waals surface area contributed by atoms with Gasteiger partial charge in [0.1, 0.15) is 0 Å². The van der Waals surface area contributed by atoms with Gasteiger partial charge < -0.3 is 9.79 Å². The molecule has 12 heavy (non-hydrogen) atoms. The number of rotatable bonds is 4. The third-order valence-electron chi connectivity index (χ3n) is 1.79. The predicted octanol–water partition coefficient (Wildman–Crippen LogP) is 0.253. The van der Waals surface area contributed by atoms with Gasteiger partial charge in [0, 0.05) is 12.6 Å². The van der Waals surface area contributed by atoms with Gasteiger partial charge in [0.05, 0.1) is 6.61 Å². The normalized spacial score (nSPS) is 24.7. The first kappa shape index (κ1) is 10.2. The number of hydrogen-bond acceptors (Lipinski definition) is 2. The topological polar surface area (TPSA) is 80.9 Å². The summed E-state index contributed by atoms with van der Waals surface area (Å²) in [5.74, 6) is 0. The summed E-state index contributed by atoms with van der Waals surface area (Å²) in [4.78, 5) is 16.7. The van der Waals surface area contributed by atoms with Gasteiger partial charge in [-0.1, -0.05) is 0 Å². The molecule has 0 amide bonds. The molecule has 1 aliphatic rings. The second-order valence-corrected chi connectivity index (χ2v) is 4.05. The first-order valence-electron chi connectivity index (χ1n) is 3.94. The van der Waals surface area contributed by atoms with Crippen molar-refractivity contribution in [1.82, 2.24) is 5.32 Å². The maximum Gasteiger partial charge on any atom is 0.469 e. The quantitative estimate of drug-likeness (QED) is 0.628. The van der Waals surface area contributed by atoms with E-state index in [1.54, 1.807) is 0 Å². The second kappa shape index (κ2) is 4.35. The van der Waals surface area contributed by atoms with Crippen LogP contribution in [-0.4, -0.2) is 29.0 Å². The van der Waals surface area contributed by atoms with E-state index in [4.69, 9.17) is 9.79 Å². The summed E-state index contributed by atoms with van der Waals surface area (Å²) in [5.41, 5.74) is 0. The fraction of sp³-hybridized carbons (Fsp3) is 1.00.